The lowest BCUT2D eigenvalue weighted by Gasteiger charge is -2.01. The summed E-state index contributed by atoms with van der Waals surface area (Å²) in [5, 5.41) is 26.0. The van der Waals surface area contributed by atoms with E-state index in [1.54, 1.807) is 19.1 Å². The van der Waals surface area contributed by atoms with E-state index in [-0.39, 0.29) is 18.0 Å². The minimum Gasteiger partial charge on any atom is -0.390 e. The molecule has 0 aliphatic rings. The second kappa shape index (κ2) is 3.61. The molecular formula is C8H6N4O. The first kappa shape index (κ1) is 9.11. The van der Waals surface area contributed by atoms with Crippen LogP contribution in [0.3, 0.4) is 0 Å². The summed E-state index contributed by atoms with van der Waals surface area (Å²) in [6.07, 6.45) is 0. The highest BCUT2D eigenvalue weighted by Crippen LogP contribution is 2.06. The summed E-state index contributed by atoms with van der Waals surface area (Å²) >= 11 is 0. The van der Waals surface area contributed by atoms with E-state index in [0.29, 0.717) is 11.4 Å². The molecule has 0 saturated heterocycles. The zero-order chi connectivity index (χ0) is 9.84. The molecule has 13 heavy (non-hydrogen) atoms. The van der Waals surface area contributed by atoms with Gasteiger partial charge in [-0.3, -0.25) is 0 Å². The Bertz CT molecular complexity index is 413. The molecule has 0 aliphatic carbocycles. The van der Waals surface area contributed by atoms with Crippen LogP contribution in [0.5, 0.6) is 0 Å². The molecule has 1 N–H and O–H groups in total. The maximum Gasteiger partial charge on any atom is 0.177 e. The fraction of sp³-hybridized carbons (Fsp3) is 0.250. The summed E-state index contributed by atoms with van der Waals surface area (Å²) in [6, 6.07) is 3.50. The first-order valence-electron chi connectivity index (χ1n) is 3.51. The number of aliphatic hydroxyl groups excluding tert-OH is 1. The maximum atomic E-state index is 8.81. The second-order valence-electron chi connectivity index (χ2n) is 2.33. The number of rotatable bonds is 1. The topological polar surface area (TPSA) is 93.6 Å². The Morgan fingerprint density at radius 1 is 1.23 bits per heavy atom. The molecule has 0 aromatic carbocycles. The molecule has 1 aromatic rings. The van der Waals surface area contributed by atoms with Crippen molar-refractivity contribution in [2.75, 3.05) is 0 Å². The molecule has 0 amide bonds. The van der Waals surface area contributed by atoms with Crippen LogP contribution in [0.4, 0.5) is 0 Å². The van der Waals surface area contributed by atoms with Crippen molar-refractivity contribution in [1.82, 2.24) is 9.97 Å². The molecule has 0 aliphatic heterocycles. The molecule has 5 heteroatoms. The number of aryl methyl sites for hydroxylation is 1. The number of aromatic nitrogens is 2. The minimum absolute atomic E-state index is 0.00259. The summed E-state index contributed by atoms with van der Waals surface area (Å²) in [4.78, 5) is 7.61. The van der Waals surface area contributed by atoms with E-state index in [9.17, 15) is 0 Å². The number of hydrogen-bond acceptors (Lipinski definition) is 5. The maximum absolute atomic E-state index is 8.81. The molecule has 1 rings (SSSR count). The third kappa shape index (κ3) is 1.61. The van der Waals surface area contributed by atoms with E-state index < -0.39 is 0 Å². The zero-order valence-electron chi connectivity index (χ0n) is 6.94. The van der Waals surface area contributed by atoms with Gasteiger partial charge in [0.15, 0.2) is 11.4 Å². The van der Waals surface area contributed by atoms with Gasteiger partial charge in [0.05, 0.1) is 18.0 Å². The lowest BCUT2D eigenvalue weighted by atomic mass is 10.2. The van der Waals surface area contributed by atoms with Crippen LogP contribution in [0.2, 0.25) is 0 Å². The van der Waals surface area contributed by atoms with Crippen molar-refractivity contribution in [1.29, 1.82) is 10.5 Å². The average molecular weight is 174 g/mol. The zero-order valence-corrected chi connectivity index (χ0v) is 6.94. The van der Waals surface area contributed by atoms with Crippen molar-refractivity contribution in [3.8, 4) is 12.1 Å². The van der Waals surface area contributed by atoms with Crippen molar-refractivity contribution in [2.45, 2.75) is 13.5 Å². The lowest BCUT2D eigenvalue weighted by Crippen LogP contribution is -2.03. The molecule has 0 bridgehead atoms. The standard InChI is InChI=1S/C8H6N4O/c1-5-8(4-13)12-7(3-10)6(2-9)11-5/h13H,4H2,1H3. The summed E-state index contributed by atoms with van der Waals surface area (Å²) in [7, 11) is 0. The fourth-order valence-corrected chi connectivity index (χ4v) is 0.860. The van der Waals surface area contributed by atoms with E-state index >= 15 is 0 Å². The first-order valence-corrected chi connectivity index (χ1v) is 3.51. The Balaban J connectivity index is 3.39. The highest BCUT2D eigenvalue weighted by molar-refractivity contribution is 5.36. The third-order valence-corrected chi connectivity index (χ3v) is 1.53. The molecule has 1 heterocycles. The Morgan fingerprint density at radius 3 is 2.23 bits per heavy atom. The molecule has 1 aromatic heterocycles. The number of nitrogens with zero attached hydrogens (tertiary/aromatic N) is 4. The predicted octanol–water partition coefficient (Wildman–Crippen LogP) is 0.0207. The van der Waals surface area contributed by atoms with Gasteiger partial charge >= 0.3 is 0 Å². The van der Waals surface area contributed by atoms with Gasteiger partial charge in [-0.2, -0.15) is 10.5 Å². The summed E-state index contributed by atoms with van der Waals surface area (Å²) in [6.45, 7) is 1.35. The Morgan fingerprint density at radius 2 is 1.77 bits per heavy atom. The molecule has 0 saturated carbocycles. The lowest BCUT2D eigenvalue weighted by molar-refractivity contribution is 0.275. The van der Waals surface area contributed by atoms with Crippen LogP contribution in [0.15, 0.2) is 0 Å². The van der Waals surface area contributed by atoms with E-state index in [1.807, 2.05) is 0 Å². The van der Waals surface area contributed by atoms with Gasteiger partial charge in [0.25, 0.3) is 0 Å². The van der Waals surface area contributed by atoms with Gasteiger partial charge in [-0.1, -0.05) is 0 Å². The van der Waals surface area contributed by atoms with Crippen LogP contribution in [0.25, 0.3) is 0 Å². The molecule has 5 nitrogen and oxygen atoms in total. The molecular weight excluding hydrogens is 168 g/mol. The van der Waals surface area contributed by atoms with Gasteiger partial charge in [0, 0.05) is 0 Å². The van der Waals surface area contributed by atoms with Crippen LogP contribution in [0.1, 0.15) is 22.8 Å². The smallest absolute Gasteiger partial charge is 0.177 e. The first-order chi connectivity index (χ1) is 6.22. The molecule has 0 atom stereocenters. The van der Waals surface area contributed by atoms with Crippen molar-refractivity contribution in [2.24, 2.45) is 0 Å². The highest BCUT2D eigenvalue weighted by atomic mass is 16.3. The molecule has 64 valence electrons. The van der Waals surface area contributed by atoms with E-state index in [1.165, 1.54) is 0 Å². The summed E-state index contributed by atoms with van der Waals surface area (Å²) in [5.74, 6) is 0. The quantitative estimate of drug-likeness (QED) is 0.647. The van der Waals surface area contributed by atoms with Gasteiger partial charge < -0.3 is 5.11 Å². The fourth-order valence-electron chi connectivity index (χ4n) is 0.860. The van der Waals surface area contributed by atoms with Crippen molar-refractivity contribution in [3.05, 3.63) is 22.8 Å². The molecule has 0 fully saturated rings. The Kier molecular flexibility index (Phi) is 2.53. The Hall–Kier alpha value is -1.98. The number of aliphatic hydroxyl groups is 1. The Labute approximate surface area is 74.9 Å². The van der Waals surface area contributed by atoms with Gasteiger partial charge in [-0.15, -0.1) is 0 Å². The predicted molar refractivity (Wildman–Crippen MR) is 42.1 cm³/mol. The molecule has 0 radical (unpaired) electrons. The van der Waals surface area contributed by atoms with Crippen LogP contribution < -0.4 is 0 Å². The van der Waals surface area contributed by atoms with Crippen molar-refractivity contribution in [3.63, 3.8) is 0 Å². The molecule has 0 unspecified atom stereocenters. The minimum atomic E-state index is -0.279. The average Bonchev–Trinajstić information content (AvgIpc) is 2.17. The summed E-state index contributed by atoms with van der Waals surface area (Å²) < 4.78 is 0. The van der Waals surface area contributed by atoms with E-state index in [2.05, 4.69) is 9.97 Å². The van der Waals surface area contributed by atoms with Crippen molar-refractivity contribution >= 4 is 0 Å². The van der Waals surface area contributed by atoms with Gasteiger partial charge in [-0.05, 0) is 6.92 Å². The van der Waals surface area contributed by atoms with Gasteiger partial charge in [0.2, 0.25) is 0 Å². The monoisotopic (exact) mass is 174 g/mol. The SMILES string of the molecule is Cc1nc(C#N)c(C#N)nc1CO. The van der Waals surface area contributed by atoms with Gasteiger partial charge in [0.1, 0.15) is 12.1 Å². The van der Waals surface area contributed by atoms with Crippen LogP contribution in [-0.4, -0.2) is 15.1 Å². The van der Waals surface area contributed by atoms with Crippen LogP contribution >= 0.6 is 0 Å². The largest absolute Gasteiger partial charge is 0.390 e. The molecule has 0 spiro atoms. The number of nitriles is 2. The summed E-state index contributed by atoms with van der Waals surface area (Å²) in [5.41, 5.74) is 0.753. The van der Waals surface area contributed by atoms with Gasteiger partial charge in [-0.25, -0.2) is 9.97 Å². The van der Waals surface area contributed by atoms with Crippen LogP contribution in [-0.2, 0) is 6.61 Å². The van der Waals surface area contributed by atoms with Crippen LogP contribution in [0, 0.1) is 29.6 Å². The second-order valence-corrected chi connectivity index (χ2v) is 2.33. The normalized spacial score (nSPS) is 8.92. The highest BCUT2D eigenvalue weighted by Gasteiger charge is 2.09. The van der Waals surface area contributed by atoms with E-state index in [4.69, 9.17) is 15.6 Å². The van der Waals surface area contributed by atoms with Crippen molar-refractivity contribution < 1.29 is 5.11 Å². The van der Waals surface area contributed by atoms with E-state index in [0.717, 1.165) is 0 Å². The number of hydrogen-bond donors (Lipinski definition) is 1. The third-order valence-electron chi connectivity index (χ3n) is 1.53.